The van der Waals surface area contributed by atoms with Crippen LogP contribution in [0, 0.1) is 30.9 Å². The number of aromatic nitrogens is 2. The van der Waals surface area contributed by atoms with E-state index in [2.05, 4.69) is 4.90 Å². The summed E-state index contributed by atoms with van der Waals surface area (Å²) in [7, 11) is 0. The van der Waals surface area contributed by atoms with Gasteiger partial charge in [-0.3, -0.25) is 4.79 Å². The van der Waals surface area contributed by atoms with Crippen LogP contribution in [0.5, 0.6) is 0 Å². The molecule has 7 heteroatoms. The molecule has 0 spiro atoms. The number of hydrogen-bond acceptors (Lipinski definition) is 4. The molecule has 1 fully saturated rings. The minimum absolute atomic E-state index is 0.0936. The van der Waals surface area contributed by atoms with E-state index in [0.717, 1.165) is 16.8 Å². The van der Waals surface area contributed by atoms with Gasteiger partial charge < -0.3 is 19.7 Å². The number of nitrogens with zero attached hydrogens (tertiary/aromatic N) is 4. The predicted octanol–water partition coefficient (Wildman–Crippen LogP) is 2.79. The third-order valence-corrected chi connectivity index (χ3v) is 5.77. The third-order valence-electron chi connectivity index (χ3n) is 5.77. The number of para-hydroxylation sites is 1. The molecule has 1 aliphatic rings. The molecule has 0 unspecified atom stereocenters. The Morgan fingerprint density at radius 3 is 2.24 bits per heavy atom. The van der Waals surface area contributed by atoms with Crippen molar-refractivity contribution in [2.45, 2.75) is 20.8 Å². The zero-order valence-corrected chi connectivity index (χ0v) is 16.9. The first kappa shape index (κ1) is 19.0. The minimum atomic E-state index is -0.394. The summed E-state index contributed by atoms with van der Waals surface area (Å²) in [6.45, 7) is 7.66. The van der Waals surface area contributed by atoms with Crippen LogP contribution in [0.1, 0.15) is 27.3 Å². The first-order valence-electron chi connectivity index (χ1n) is 9.74. The van der Waals surface area contributed by atoms with Gasteiger partial charge in [0.2, 0.25) is 0 Å². The Bertz CT molecular complexity index is 1150. The predicted molar refractivity (Wildman–Crippen MR) is 113 cm³/mol. The molecule has 0 aliphatic carbocycles. The monoisotopic (exact) mass is 392 g/mol. The van der Waals surface area contributed by atoms with Gasteiger partial charge in [0.15, 0.2) is 0 Å². The third kappa shape index (κ3) is 3.22. The summed E-state index contributed by atoms with van der Waals surface area (Å²) in [6, 6.07) is 13.4. The van der Waals surface area contributed by atoms with Gasteiger partial charge in [-0.1, -0.05) is 18.2 Å². The smallest absolute Gasteiger partial charge is 0.346 e. The highest BCUT2D eigenvalue weighted by molar-refractivity contribution is 5.93. The molecule has 0 saturated carbocycles. The molecular weight excluding hydrogens is 368 g/mol. The van der Waals surface area contributed by atoms with Crippen LogP contribution in [0.25, 0.3) is 11.0 Å². The van der Waals surface area contributed by atoms with Gasteiger partial charge in [0.1, 0.15) is 5.52 Å². The van der Waals surface area contributed by atoms with E-state index in [1.165, 1.54) is 6.92 Å². The van der Waals surface area contributed by atoms with Crippen LogP contribution >= 0.6 is 0 Å². The Labute approximate surface area is 169 Å². The molecule has 0 bridgehead atoms. The van der Waals surface area contributed by atoms with Crippen molar-refractivity contribution in [1.29, 1.82) is 0 Å². The average Bonchev–Trinajstić information content (AvgIpc) is 2.74. The molecule has 29 heavy (non-hydrogen) atoms. The fourth-order valence-electron chi connectivity index (χ4n) is 3.85. The maximum Gasteiger partial charge on any atom is 0.346 e. The average molecular weight is 392 g/mol. The van der Waals surface area contributed by atoms with Crippen molar-refractivity contribution in [2.24, 2.45) is 0 Å². The second kappa shape index (κ2) is 7.24. The van der Waals surface area contributed by atoms with Crippen molar-refractivity contribution in [3.8, 4) is 0 Å². The van der Waals surface area contributed by atoms with Gasteiger partial charge in [-0.05, 0) is 50.1 Å². The van der Waals surface area contributed by atoms with E-state index >= 15 is 0 Å². The number of aryl methyl sites for hydroxylation is 2. The summed E-state index contributed by atoms with van der Waals surface area (Å²) in [5, 5.41) is 12.8. The normalized spacial score (nSPS) is 14.4. The van der Waals surface area contributed by atoms with Crippen LogP contribution in [-0.4, -0.2) is 41.7 Å². The number of hydrogen-bond donors (Lipinski definition) is 0. The number of carbonyl (C=O) groups is 1. The molecule has 0 radical (unpaired) electrons. The van der Waals surface area contributed by atoms with Gasteiger partial charge in [0, 0.05) is 42.8 Å². The summed E-state index contributed by atoms with van der Waals surface area (Å²) < 4.78 is 1.32. The first-order chi connectivity index (χ1) is 13.9. The zero-order chi connectivity index (χ0) is 20.7. The molecular formula is C22H24N4O3. The summed E-state index contributed by atoms with van der Waals surface area (Å²) >= 11 is 0. The Hall–Kier alpha value is -3.35. The Balaban J connectivity index is 1.66. The lowest BCUT2D eigenvalue weighted by molar-refractivity contribution is -0.469. The lowest BCUT2D eigenvalue weighted by atomic mass is 10.1. The molecule has 4 rings (SSSR count). The van der Waals surface area contributed by atoms with Gasteiger partial charge in [-0.25, -0.2) is 0 Å². The molecule has 1 aliphatic heterocycles. The first-order valence-corrected chi connectivity index (χ1v) is 9.74. The molecule has 0 atom stereocenters. The van der Waals surface area contributed by atoms with Crippen LogP contribution in [0.4, 0.5) is 5.69 Å². The van der Waals surface area contributed by atoms with E-state index in [-0.39, 0.29) is 22.4 Å². The van der Waals surface area contributed by atoms with Crippen molar-refractivity contribution >= 4 is 22.6 Å². The van der Waals surface area contributed by atoms with E-state index in [0.29, 0.717) is 35.3 Å². The van der Waals surface area contributed by atoms with Gasteiger partial charge in [0.25, 0.3) is 5.52 Å². The topological polar surface area (TPSA) is 74.5 Å². The van der Waals surface area contributed by atoms with Crippen LogP contribution < -0.4 is 9.33 Å². The number of carbonyl (C=O) groups excluding carboxylic acids is 1. The molecule has 0 N–H and O–H groups in total. The SMILES string of the molecule is Cc1cc2c(cc1C)[n+](=O)c(C(=O)N1CCN(c3ccccc3)CC1)c(C)n2[O-]. The van der Waals surface area contributed by atoms with E-state index in [4.69, 9.17) is 0 Å². The number of rotatable bonds is 2. The van der Waals surface area contributed by atoms with E-state index < -0.39 is 5.91 Å². The molecule has 1 aromatic heterocycles. The number of anilines is 1. The van der Waals surface area contributed by atoms with Crippen molar-refractivity contribution in [2.75, 3.05) is 31.1 Å². The van der Waals surface area contributed by atoms with E-state index in [1.807, 2.05) is 44.2 Å². The van der Waals surface area contributed by atoms with Gasteiger partial charge in [0.05, 0.1) is 10.1 Å². The zero-order valence-electron chi connectivity index (χ0n) is 16.9. The molecule has 1 amide bonds. The highest BCUT2D eigenvalue weighted by Crippen LogP contribution is 2.21. The second-order valence-electron chi connectivity index (χ2n) is 7.56. The van der Waals surface area contributed by atoms with E-state index in [9.17, 15) is 14.9 Å². The fraction of sp³-hybridized carbons (Fsp3) is 0.318. The lowest BCUT2D eigenvalue weighted by Gasteiger charge is -2.35. The Morgan fingerprint density at radius 2 is 1.59 bits per heavy atom. The number of fused-ring (bicyclic) bond motifs is 1. The van der Waals surface area contributed by atoms with Gasteiger partial charge >= 0.3 is 11.6 Å². The molecule has 1 saturated heterocycles. The van der Waals surface area contributed by atoms with Crippen molar-refractivity contribution in [3.05, 3.63) is 75.1 Å². The van der Waals surface area contributed by atoms with Crippen molar-refractivity contribution < 1.29 is 9.22 Å². The standard InChI is InChI=1S/C22H24N4O3/c1-15-13-19-20(14-16(15)2)26(29)21(17(3)25(19)28)22(27)24-11-9-23(10-12-24)18-7-5-4-6-8-18/h4-8,13-14H,9-12H2,1-3H3. The summed E-state index contributed by atoms with van der Waals surface area (Å²) in [4.78, 5) is 30.1. The summed E-state index contributed by atoms with van der Waals surface area (Å²) in [5.41, 5.74) is 3.49. The van der Waals surface area contributed by atoms with Crippen LogP contribution in [0.3, 0.4) is 0 Å². The molecule has 2 heterocycles. The van der Waals surface area contributed by atoms with Crippen LogP contribution in [0.15, 0.2) is 42.5 Å². The van der Waals surface area contributed by atoms with Crippen LogP contribution in [-0.2, 0) is 0 Å². The molecule has 2 aromatic carbocycles. The highest BCUT2D eigenvalue weighted by atomic mass is 16.5. The molecule has 3 aromatic rings. The van der Waals surface area contributed by atoms with Gasteiger partial charge in [-0.15, -0.1) is 0 Å². The fourth-order valence-corrected chi connectivity index (χ4v) is 3.85. The van der Waals surface area contributed by atoms with Crippen molar-refractivity contribution in [3.63, 3.8) is 0 Å². The number of benzene rings is 2. The number of piperazine rings is 1. The van der Waals surface area contributed by atoms with Gasteiger partial charge in [-0.2, -0.15) is 0 Å². The Morgan fingerprint density at radius 1 is 0.966 bits per heavy atom. The van der Waals surface area contributed by atoms with E-state index in [1.54, 1.807) is 17.0 Å². The minimum Gasteiger partial charge on any atom is -0.805 e. The molecule has 7 nitrogen and oxygen atoms in total. The Kier molecular flexibility index (Phi) is 4.74. The largest absolute Gasteiger partial charge is 0.805 e. The maximum atomic E-state index is 13.2. The molecule has 150 valence electrons. The quantitative estimate of drug-likeness (QED) is 0.629. The van der Waals surface area contributed by atoms with Crippen molar-refractivity contribution in [1.82, 2.24) is 9.63 Å². The van der Waals surface area contributed by atoms with Crippen LogP contribution in [0.2, 0.25) is 0 Å². The number of amides is 1. The lowest BCUT2D eigenvalue weighted by Crippen LogP contribution is -2.50. The highest BCUT2D eigenvalue weighted by Gasteiger charge is 2.33. The maximum absolute atomic E-state index is 13.2. The summed E-state index contributed by atoms with van der Waals surface area (Å²) in [6.07, 6.45) is 0. The summed E-state index contributed by atoms with van der Waals surface area (Å²) in [5.74, 6) is -0.394. The second-order valence-corrected chi connectivity index (χ2v) is 7.56.